The second-order valence-electron chi connectivity index (χ2n) is 3.64. The highest BCUT2D eigenvalue weighted by atomic mass is 79.9. The summed E-state index contributed by atoms with van der Waals surface area (Å²) < 4.78 is 13.5. The fourth-order valence-electron chi connectivity index (χ4n) is 1.43. The third-order valence-electron chi connectivity index (χ3n) is 2.31. The molecule has 20 heavy (non-hydrogen) atoms. The number of benzene rings is 1. The lowest BCUT2D eigenvalue weighted by atomic mass is 10.2. The van der Waals surface area contributed by atoms with E-state index in [-0.39, 0.29) is 11.4 Å². The minimum Gasteiger partial charge on any atom is -0.476 e. The van der Waals surface area contributed by atoms with Gasteiger partial charge in [0.1, 0.15) is 5.82 Å². The second-order valence-corrected chi connectivity index (χ2v) is 4.49. The van der Waals surface area contributed by atoms with Crippen LogP contribution in [0, 0.1) is 5.82 Å². The first-order chi connectivity index (χ1) is 9.49. The van der Waals surface area contributed by atoms with Gasteiger partial charge in [-0.2, -0.15) is 0 Å². The summed E-state index contributed by atoms with van der Waals surface area (Å²) in [7, 11) is 0. The van der Waals surface area contributed by atoms with Crippen molar-refractivity contribution in [3.8, 4) is 0 Å². The Kier molecular flexibility index (Phi) is 4.04. The van der Waals surface area contributed by atoms with Gasteiger partial charge in [0.2, 0.25) is 0 Å². The van der Waals surface area contributed by atoms with Crippen molar-refractivity contribution in [1.29, 1.82) is 0 Å². The molecule has 0 atom stereocenters. The standard InChI is InChI=1S/C12H7BrFN3O3/c13-8-2-1-6(14)5-7(8)11(18)17-10-9(12(19)20)15-3-4-16-10/h1-5H,(H,19,20)(H,16,17,18). The van der Waals surface area contributed by atoms with Crippen LogP contribution < -0.4 is 5.32 Å². The molecule has 6 nitrogen and oxygen atoms in total. The predicted molar refractivity (Wildman–Crippen MR) is 71.0 cm³/mol. The highest BCUT2D eigenvalue weighted by Gasteiger charge is 2.17. The van der Waals surface area contributed by atoms with Crippen LogP contribution in [0.4, 0.5) is 10.2 Å². The number of aromatic nitrogens is 2. The van der Waals surface area contributed by atoms with Gasteiger partial charge in [0, 0.05) is 16.9 Å². The summed E-state index contributed by atoms with van der Waals surface area (Å²) in [4.78, 5) is 30.3. The number of anilines is 1. The van der Waals surface area contributed by atoms with Crippen LogP contribution in [-0.2, 0) is 0 Å². The third kappa shape index (κ3) is 2.97. The summed E-state index contributed by atoms with van der Waals surface area (Å²) in [6, 6.07) is 3.58. The van der Waals surface area contributed by atoms with Crippen molar-refractivity contribution in [1.82, 2.24) is 9.97 Å². The molecule has 1 heterocycles. The second kappa shape index (κ2) is 5.74. The zero-order valence-corrected chi connectivity index (χ0v) is 11.4. The van der Waals surface area contributed by atoms with Crippen molar-refractivity contribution in [3.63, 3.8) is 0 Å². The topological polar surface area (TPSA) is 92.2 Å². The van der Waals surface area contributed by atoms with Crippen LogP contribution in [-0.4, -0.2) is 27.0 Å². The maximum absolute atomic E-state index is 13.1. The molecule has 102 valence electrons. The number of nitrogens with zero attached hydrogens (tertiary/aromatic N) is 2. The molecule has 0 aliphatic rings. The Labute approximate surface area is 120 Å². The average molecular weight is 340 g/mol. The molecule has 0 unspecified atom stereocenters. The van der Waals surface area contributed by atoms with E-state index in [9.17, 15) is 14.0 Å². The molecule has 2 N–H and O–H groups in total. The van der Waals surface area contributed by atoms with Gasteiger partial charge in [-0.25, -0.2) is 19.2 Å². The lowest BCUT2D eigenvalue weighted by Crippen LogP contribution is -2.17. The molecule has 1 aromatic carbocycles. The van der Waals surface area contributed by atoms with Gasteiger partial charge in [-0.1, -0.05) is 0 Å². The molecule has 8 heteroatoms. The summed E-state index contributed by atoms with van der Waals surface area (Å²) in [5.74, 6) is -2.82. The third-order valence-corrected chi connectivity index (χ3v) is 3.00. The molecule has 0 aliphatic heterocycles. The molecule has 0 fully saturated rings. The summed E-state index contributed by atoms with van der Waals surface area (Å²) in [6.07, 6.45) is 2.43. The lowest BCUT2D eigenvalue weighted by Gasteiger charge is -2.07. The Morgan fingerprint density at radius 2 is 1.95 bits per heavy atom. The fraction of sp³-hybridized carbons (Fsp3) is 0. The number of amides is 1. The van der Waals surface area contributed by atoms with Crippen LogP contribution in [0.3, 0.4) is 0 Å². The summed E-state index contributed by atoms with van der Waals surface area (Å²) >= 11 is 3.11. The number of carbonyl (C=O) groups is 2. The zero-order valence-electron chi connectivity index (χ0n) is 9.80. The van der Waals surface area contributed by atoms with Crippen molar-refractivity contribution < 1.29 is 19.1 Å². The first-order valence-electron chi connectivity index (χ1n) is 5.29. The zero-order chi connectivity index (χ0) is 14.7. The first kappa shape index (κ1) is 14.1. The molecular weight excluding hydrogens is 333 g/mol. The molecule has 0 saturated carbocycles. The van der Waals surface area contributed by atoms with Crippen LogP contribution in [0.25, 0.3) is 0 Å². The van der Waals surface area contributed by atoms with Gasteiger partial charge in [0.15, 0.2) is 11.5 Å². The molecule has 0 saturated heterocycles. The van der Waals surface area contributed by atoms with E-state index in [0.717, 1.165) is 6.07 Å². The molecule has 2 aromatic rings. The van der Waals surface area contributed by atoms with Gasteiger partial charge in [0.05, 0.1) is 5.56 Å². The maximum atomic E-state index is 13.1. The molecule has 0 aliphatic carbocycles. The van der Waals surface area contributed by atoms with Crippen molar-refractivity contribution >= 4 is 33.6 Å². The Balaban J connectivity index is 2.33. The molecule has 0 spiro atoms. The largest absolute Gasteiger partial charge is 0.476 e. The number of hydrogen-bond donors (Lipinski definition) is 2. The van der Waals surface area contributed by atoms with Crippen LogP contribution >= 0.6 is 15.9 Å². The molecule has 1 aromatic heterocycles. The number of carboxylic acid groups (broad SMARTS) is 1. The van der Waals surface area contributed by atoms with Crippen molar-refractivity contribution in [2.24, 2.45) is 0 Å². The Bertz CT molecular complexity index is 693. The van der Waals surface area contributed by atoms with Crippen LogP contribution in [0.5, 0.6) is 0 Å². The summed E-state index contributed by atoms with van der Waals surface area (Å²) in [5.41, 5.74) is -0.375. The number of carboxylic acids is 1. The molecule has 2 rings (SSSR count). The highest BCUT2D eigenvalue weighted by molar-refractivity contribution is 9.10. The number of rotatable bonds is 3. The lowest BCUT2D eigenvalue weighted by molar-refractivity contribution is 0.0691. The van der Waals surface area contributed by atoms with Gasteiger partial charge < -0.3 is 10.4 Å². The minimum atomic E-state index is -1.33. The molecular formula is C12H7BrFN3O3. The van der Waals surface area contributed by atoms with Crippen LogP contribution in [0.15, 0.2) is 35.1 Å². The van der Waals surface area contributed by atoms with Gasteiger partial charge in [0.25, 0.3) is 5.91 Å². The van der Waals surface area contributed by atoms with Gasteiger partial charge in [-0.15, -0.1) is 0 Å². The normalized spacial score (nSPS) is 10.1. The van der Waals surface area contributed by atoms with Gasteiger partial charge >= 0.3 is 5.97 Å². The minimum absolute atomic E-state index is 0.0204. The van der Waals surface area contributed by atoms with Crippen LogP contribution in [0.1, 0.15) is 20.8 Å². The molecule has 1 amide bonds. The number of halogens is 2. The van der Waals surface area contributed by atoms with Crippen LogP contribution in [0.2, 0.25) is 0 Å². The van der Waals surface area contributed by atoms with E-state index in [2.05, 4.69) is 31.2 Å². The van der Waals surface area contributed by atoms with E-state index >= 15 is 0 Å². The summed E-state index contributed by atoms with van der Waals surface area (Å²) in [6.45, 7) is 0. The predicted octanol–water partition coefficient (Wildman–Crippen LogP) is 2.33. The van der Waals surface area contributed by atoms with E-state index in [1.165, 1.54) is 24.5 Å². The van der Waals surface area contributed by atoms with E-state index in [1.54, 1.807) is 0 Å². The smallest absolute Gasteiger partial charge is 0.358 e. The number of aromatic carboxylic acids is 1. The Hall–Kier alpha value is -2.35. The fourth-order valence-corrected chi connectivity index (χ4v) is 1.86. The van der Waals surface area contributed by atoms with Crippen molar-refractivity contribution in [2.45, 2.75) is 0 Å². The highest BCUT2D eigenvalue weighted by Crippen LogP contribution is 2.19. The number of hydrogen-bond acceptors (Lipinski definition) is 4. The van der Waals surface area contributed by atoms with E-state index < -0.39 is 23.4 Å². The van der Waals surface area contributed by atoms with E-state index in [0.29, 0.717) is 4.47 Å². The average Bonchev–Trinajstić information content (AvgIpc) is 2.41. The maximum Gasteiger partial charge on any atom is 0.358 e. The number of carbonyl (C=O) groups excluding carboxylic acids is 1. The van der Waals surface area contributed by atoms with E-state index in [4.69, 9.17) is 5.11 Å². The Morgan fingerprint density at radius 1 is 1.25 bits per heavy atom. The number of nitrogens with one attached hydrogen (secondary N) is 1. The SMILES string of the molecule is O=C(Nc1nccnc1C(=O)O)c1cc(F)ccc1Br. The van der Waals surface area contributed by atoms with Crippen molar-refractivity contribution in [2.75, 3.05) is 5.32 Å². The first-order valence-corrected chi connectivity index (χ1v) is 6.09. The van der Waals surface area contributed by atoms with Gasteiger partial charge in [-0.3, -0.25) is 4.79 Å². The Morgan fingerprint density at radius 3 is 2.65 bits per heavy atom. The van der Waals surface area contributed by atoms with E-state index in [1.807, 2.05) is 0 Å². The van der Waals surface area contributed by atoms with Gasteiger partial charge in [-0.05, 0) is 34.1 Å². The summed E-state index contributed by atoms with van der Waals surface area (Å²) in [5, 5.41) is 11.2. The van der Waals surface area contributed by atoms with Crippen molar-refractivity contribution in [3.05, 3.63) is 52.1 Å². The molecule has 0 radical (unpaired) electrons. The monoisotopic (exact) mass is 339 g/mol. The molecule has 0 bridgehead atoms. The quantitative estimate of drug-likeness (QED) is 0.895.